The fourth-order valence-corrected chi connectivity index (χ4v) is 4.38. The normalized spacial score (nSPS) is 12.7. The Morgan fingerprint density at radius 2 is 1.75 bits per heavy atom. The molecule has 0 saturated carbocycles. The van der Waals surface area contributed by atoms with Crippen LogP contribution >= 0.6 is 11.8 Å². The van der Waals surface area contributed by atoms with Crippen LogP contribution in [0.3, 0.4) is 0 Å². The summed E-state index contributed by atoms with van der Waals surface area (Å²) in [6.07, 6.45) is 1.41. The van der Waals surface area contributed by atoms with Gasteiger partial charge in [-0.25, -0.2) is 0 Å². The number of rotatable bonds is 12. The van der Waals surface area contributed by atoms with Crippen molar-refractivity contribution < 1.29 is 14.3 Å². The Hall–Kier alpha value is -2.47. The molecule has 0 aliphatic carbocycles. The number of hydrogen-bond acceptors (Lipinski definition) is 4. The molecule has 2 aromatic rings. The van der Waals surface area contributed by atoms with Crippen molar-refractivity contribution in [2.75, 3.05) is 12.9 Å². The zero-order valence-electron chi connectivity index (χ0n) is 19.9. The number of benzene rings is 2. The van der Waals surface area contributed by atoms with Crippen molar-refractivity contribution in [3.63, 3.8) is 0 Å². The molecule has 0 bridgehead atoms. The number of ether oxygens (including phenoxy) is 1. The maximum absolute atomic E-state index is 13.3. The third-order valence-electron chi connectivity index (χ3n) is 5.64. The molecule has 2 amide bonds. The van der Waals surface area contributed by atoms with E-state index in [-0.39, 0.29) is 17.9 Å². The second-order valence-electron chi connectivity index (χ2n) is 8.03. The number of carbonyl (C=O) groups is 2. The lowest BCUT2D eigenvalue weighted by Crippen LogP contribution is -2.51. The van der Waals surface area contributed by atoms with E-state index in [9.17, 15) is 9.59 Å². The Labute approximate surface area is 196 Å². The highest BCUT2D eigenvalue weighted by Gasteiger charge is 2.29. The number of aryl methyl sites for hydroxylation is 1. The SMILES string of the molecule is CC[C@@H](C)NC(=O)[C@H](CC)N(Cc1ccc(OC)cc1)C(=O)CSCc1ccccc1C. The van der Waals surface area contributed by atoms with E-state index >= 15 is 0 Å². The highest BCUT2D eigenvalue weighted by molar-refractivity contribution is 7.99. The van der Waals surface area contributed by atoms with Gasteiger partial charge in [0.1, 0.15) is 11.8 Å². The largest absolute Gasteiger partial charge is 0.497 e. The van der Waals surface area contributed by atoms with Crippen LogP contribution in [0.25, 0.3) is 0 Å². The monoisotopic (exact) mass is 456 g/mol. The molecule has 2 rings (SSSR count). The fourth-order valence-electron chi connectivity index (χ4n) is 3.39. The van der Waals surface area contributed by atoms with Crippen LogP contribution < -0.4 is 10.1 Å². The number of nitrogens with one attached hydrogen (secondary N) is 1. The molecule has 0 saturated heterocycles. The summed E-state index contributed by atoms with van der Waals surface area (Å²) in [5.41, 5.74) is 3.42. The van der Waals surface area contributed by atoms with Crippen molar-refractivity contribution in [2.45, 2.75) is 64.9 Å². The summed E-state index contributed by atoms with van der Waals surface area (Å²) in [4.78, 5) is 28.0. The maximum Gasteiger partial charge on any atom is 0.243 e. The van der Waals surface area contributed by atoms with Crippen LogP contribution in [0.5, 0.6) is 5.75 Å². The van der Waals surface area contributed by atoms with Crippen molar-refractivity contribution >= 4 is 23.6 Å². The summed E-state index contributed by atoms with van der Waals surface area (Å²) in [6, 6.07) is 15.4. The summed E-state index contributed by atoms with van der Waals surface area (Å²) < 4.78 is 5.24. The standard InChI is InChI=1S/C26H36N2O3S/c1-6-20(4)27-26(30)24(7-2)28(16-21-12-14-23(31-5)15-13-21)25(29)18-32-17-22-11-9-8-10-19(22)3/h8-15,20,24H,6-7,16-18H2,1-5H3,(H,27,30)/t20-,24+/m1/s1. The zero-order chi connectivity index (χ0) is 23.5. The molecule has 0 aromatic heterocycles. The zero-order valence-corrected chi connectivity index (χ0v) is 20.7. The molecule has 6 heteroatoms. The first-order chi connectivity index (χ1) is 15.4. The summed E-state index contributed by atoms with van der Waals surface area (Å²) >= 11 is 1.59. The van der Waals surface area contributed by atoms with Crippen molar-refractivity contribution in [3.05, 3.63) is 65.2 Å². The van der Waals surface area contributed by atoms with Crippen molar-refractivity contribution in [2.24, 2.45) is 0 Å². The van der Waals surface area contributed by atoms with Gasteiger partial charge in [0.25, 0.3) is 0 Å². The van der Waals surface area contributed by atoms with Gasteiger partial charge in [-0.2, -0.15) is 0 Å². The summed E-state index contributed by atoms with van der Waals surface area (Å²) in [5, 5.41) is 3.05. The maximum atomic E-state index is 13.3. The molecule has 0 fully saturated rings. The van der Waals surface area contributed by atoms with Crippen molar-refractivity contribution in [3.8, 4) is 5.75 Å². The first-order valence-electron chi connectivity index (χ1n) is 11.2. The van der Waals surface area contributed by atoms with Crippen LogP contribution in [0.1, 0.15) is 50.3 Å². The molecule has 0 spiro atoms. The minimum absolute atomic E-state index is 0.0226. The number of hydrogen-bond donors (Lipinski definition) is 1. The quantitative estimate of drug-likeness (QED) is 0.490. The smallest absolute Gasteiger partial charge is 0.243 e. The predicted molar refractivity (Wildman–Crippen MR) is 133 cm³/mol. The summed E-state index contributed by atoms with van der Waals surface area (Å²) in [5.74, 6) is 1.75. The van der Waals surface area contributed by atoms with E-state index in [4.69, 9.17) is 4.74 Å². The first-order valence-corrected chi connectivity index (χ1v) is 12.4. The van der Waals surface area contributed by atoms with Crippen LogP contribution in [-0.2, 0) is 21.9 Å². The Morgan fingerprint density at radius 1 is 1.06 bits per heavy atom. The summed E-state index contributed by atoms with van der Waals surface area (Å²) in [6.45, 7) is 8.45. The Balaban J connectivity index is 2.15. The third-order valence-corrected chi connectivity index (χ3v) is 6.61. The van der Waals surface area contributed by atoms with Crippen molar-refractivity contribution in [1.29, 1.82) is 0 Å². The lowest BCUT2D eigenvalue weighted by Gasteiger charge is -2.31. The van der Waals surface area contributed by atoms with Crippen LogP contribution in [0.2, 0.25) is 0 Å². The highest BCUT2D eigenvalue weighted by Crippen LogP contribution is 2.20. The van der Waals surface area contributed by atoms with Gasteiger partial charge in [-0.15, -0.1) is 11.8 Å². The Morgan fingerprint density at radius 3 is 2.34 bits per heavy atom. The molecular weight excluding hydrogens is 420 g/mol. The second kappa shape index (κ2) is 13.2. The lowest BCUT2D eigenvalue weighted by molar-refractivity contribution is -0.139. The molecule has 5 nitrogen and oxygen atoms in total. The fraction of sp³-hybridized carbons (Fsp3) is 0.462. The molecule has 2 atom stereocenters. The van der Waals surface area contributed by atoms with Gasteiger partial charge in [0.05, 0.1) is 12.9 Å². The van der Waals surface area contributed by atoms with Gasteiger partial charge >= 0.3 is 0 Å². The van der Waals surface area contributed by atoms with E-state index < -0.39 is 6.04 Å². The first kappa shape index (κ1) is 25.8. The van der Waals surface area contributed by atoms with E-state index in [1.54, 1.807) is 23.8 Å². The number of carbonyl (C=O) groups excluding carboxylic acids is 2. The van der Waals surface area contributed by atoms with E-state index in [0.717, 1.165) is 23.5 Å². The van der Waals surface area contributed by atoms with E-state index in [1.807, 2.05) is 57.2 Å². The molecule has 0 aliphatic rings. The molecular formula is C26H36N2O3S. The number of thioether (sulfide) groups is 1. The molecule has 1 N–H and O–H groups in total. The minimum atomic E-state index is -0.502. The van der Waals surface area contributed by atoms with Crippen LogP contribution in [0.4, 0.5) is 0 Å². The highest BCUT2D eigenvalue weighted by atomic mass is 32.2. The van der Waals surface area contributed by atoms with Gasteiger partial charge in [0, 0.05) is 18.3 Å². The lowest BCUT2D eigenvalue weighted by atomic mass is 10.1. The van der Waals surface area contributed by atoms with Crippen LogP contribution in [0.15, 0.2) is 48.5 Å². The molecule has 0 heterocycles. The van der Waals surface area contributed by atoms with Crippen molar-refractivity contribution in [1.82, 2.24) is 10.2 Å². The second-order valence-corrected chi connectivity index (χ2v) is 9.02. The summed E-state index contributed by atoms with van der Waals surface area (Å²) in [7, 11) is 1.63. The van der Waals surface area contributed by atoms with Gasteiger partial charge in [-0.05, 0) is 55.5 Å². The van der Waals surface area contributed by atoms with Gasteiger partial charge in [-0.1, -0.05) is 50.2 Å². The van der Waals surface area contributed by atoms with Crippen LogP contribution in [0, 0.1) is 6.92 Å². The van der Waals surface area contributed by atoms with E-state index in [1.165, 1.54) is 11.1 Å². The topological polar surface area (TPSA) is 58.6 Å². The van der Waals surface area contributed by atoms with Gasteiger partial charge in [0.15, 0.2) is 0 Å². The van der Waals surface area contributed by atoms with Gasteiger partial charge < -0.3 is 15.0 Å². The average Bonchev–Trinajstić information content (AvgIpc) is 2.80. The molecule has 0 radical (unpaired) electrons. The number of amides is 2. The third kappa shape index (κ3) is 7.59. The molecule has 0 unspecified atom stereocenters. The molecule has 174 valence electrons. The average molecular weight is 457 g/mol. The van der Waals surface area contributed by atoms with E-state index in [2.05, 4.69) is 24.4 Å². The molecule has 2 aromatic carbocycles. The number of nitrogens with zero attached hydrogens (tertiary/aromatic N) is 1. The minimum Gasteiger partial charge on any atom is -0.497 e. The van der Waals surface area contributed by atoms with Crippen LogP contribution in [-0.4, -0.2) is 41.7 Å². The molecule has 0 aliphatic heterocycles. The molecule has 32 heavy (non-hydrogen) atoms. The number of methoxy groups -OCH3 is 1. The predicted octanol–water partition coefficient (Wildman–Crippen LogP) is 4.96. The van der Waals surface area contributed by atoms with E-state index in [0.29, 0.717) is 18.7 Å². The van der Waals surface area contributed by atoms with Gasteiger partial charge in [0.2, 0.25) is 11.8 Å². The Bertz CT molecular complexity index is 870. The van der Waals surface area contributed by atoms with Gasteiger partial charge in [-0.3, -0.25) is 9.59 Å². The Kier molecular flexibility index (Phi) is 10.6.